The van der Waals surface area contributed by atoms with E-state index < -0.39 is 0 Å². The maximum atomic E-state index is 5.24. The standard InChI is InChI=1S/C15H25N3O/c1-3-16-15-6-4-5-14(17-15)11-18-9-7-13(8-10-18)12-19-2/h4-6,13H,3,7-12H2,1-2H3,(H,16,17). The molecule has 0 spiro atoms. The van der Waals surface area contributed by atoms with Gasteiger partial charge in [-0.05, 0) is 50.9 Å². The van der Waals surface area contributed by atoms with E-state index in [2.05, 4.69) is 34.3 Å². The number of anilines is 1. The Morgan fingerprint density at radius 1 is 1.37 bits per heavy atom. The van der Waals surface area contributed by atoms with E-state index in [1.165, 1.54) is 12.8 Å². The highest BCUT2D eigenvalue weighted by atomic mass is 16.5. The number of likely N-dealkylation sites (tertiary alicyclic amines) is 1. The first-order valence-corrected chi connectivity index (χ1v) is 7.23. The summed E-state index contributed by atoms with van der Waals surface area (Å²) in [6.45, 7) is 7.18. The molecule has 0 aromatic carbocycles. The molecule has 106 valence electrons. The van der Waals surface area contributed by atoms with Crippen LogP contribution >= 0.6 is 0 Å². The summed E-state index contributed by atoms with van der Waals surface area (Å²) in [7, 11) is 1.79. The smallest absolute Gasteiger partial charge is 0.126 e. The lowest BCUT2D eigenvalue weighted by Crippen LogP contribution is -2.34. The van der Waals surface area contributed by atoms with Crippen molar-refractivity contribution in [3.05, 3.63) is 23.9 Å². The summed E-state index contributed by atoms with van der Waals surface area (Å²) < 4.78 is 5.24. The molecule has 0 radical (unpaired) electrons. The second-order valence-electron chi connectivity index (χ2n) is 5.22. The van der Waals surface area contributed by atoms with Gasteiger partial charge in [0.25, 0.3) is 0 Å². The number of piperidine rings is 1. The van der Waals surface area contributed by atoms with E-state index in [1.54, 1.807) is 7.11 Å². The average molecular weight is 263 g/mol. The quantitative estimate of drug-likeness (QED) is 0.855. The van der Waals surface area contributed by atoms with Crippen LogP contribution in [-0.4, -0.2) is 43.2 Å². The maximum absolute atomic E-state index is 5.24. The minimum atomic E-state index is 0.738. The zero-order chi connectivity index (χ0) is 13.5. The second-order valence-corrected chi connectivity index (χ2v) is 5.22. The number of nitrogens with zero attached hydrogens (tertiary/aromatic N) is 2. The van der Waals surface area contributed by atoms with Crippen molar-refractivity contribution in [3.8, 4) is 0 Å². The monoisotopic (exact) mass is 263 g/mol. The van der Waals surface area contributed by atoms with Gasteiger partial charge in [0.05, 0.1) is 5.69 Å². The van der Waals surface area contributed by atoms with Crippen molar-refractivity contribution in [2.45, 2.75) is 26.3 Å². The molecule has 1 aromatic rings. The molecule has 0 bridgehead atoms. The first-order valence-electron chi connectivity index (χ1n) is 7.23. The van der Waals surface area contributed by atoms with Crippen molar-refractivity contribution in [1.29, 1.82) is 0 Å². The highest BCUT2D eigenvalue weighted by Crippen LogP contribution is 2.19. The van der Waals surface area contributed by atoms with Crippen LogP contribution in [0.1, 0.15) is 25.5 Å². The number of nitrogens with one attached hydrogen (secondary N) is 1. The Labute approximate surface area is 116 Å². The van der Waals surface area contributed by atoms with Crippen LogP contribution in [0.15, 0.2) is 18.2 Å². The van der Waals surface area contributed by atoms with Gasteiger partial charge in [-0.15, -0.1) is 0 Å². The van der Waals surface area contributed by atoms with Crippen LogP contribution in [0.2, 0.25) is 0 Å². The highest BCUT2D eigenvalue weighted by molar-refractivity contribution is 5.34. The van der Waals surface area contributed by atoms with Crippen LogP contribution in [0.3, 0.4) is 0 Å². The van der Waals surface area contributed by atoms with Crippen LogP contribution in [0.5, 0.6) is 0 Å². The largest absolute Gasteiger partial charge is 0.384 e. The molecule has 1 aliphatic heterocycles. The summed E-state index contributed by atoms with van der Waals surface area (Å²) in [6, 6.07) is 6.22. The van der Waals surface area contributed by atoms with Gasteiger partial charge in [-0.25, -0.2) is 4.98 Å². The molecule has 0 saturated carbocycles. The maximum Gasteiger partial charge on any atom is 0.126 e. The topological polar surface area (TPSA) is 37.4 Å². The molecule has 1 saturated heterocycles. The summed E-state index contributed by atoms with van der Waals surface area (Å²) >= 11 is 0. The van der Waals surface area contributed by atoms with Crippen molar-refractivity contribution >= 4 is 5.82 Å². The van der Waals surface area contributed by atoms with Crippen LogP contribution in [0.4, 0.5) is 5.82 Å². The van der Waals surface area contributed by atoms with E-state index in [0.717, 1.165) is 50.2 Å². The van der Waals surface area contributed by atoms with Gasteiger partial charge in [-0.2, -0.15) is 0 Å². The summed E-state index contributed by atoms with van der Waals surface area (Å²) in [5.74, 6) is 1.72. The van der Waals surface area contributed by atoms with E-state index in [9.17, 15) is 0 Å². The van der Waals surface area contributed by atoms with Gasteiger partial charge < -0.3 is 10.1 Å². The van der Waals surface area contributed by atoms with Gasteiger partial charge in [-0.3, -0.25) is 4.90 Å². The number of ether oxygens (including phenoxy) is 1. The number of methoxy groups -OCH3 is 1. The molecule has 0 amide bonds. The fourth-order valence-corrected chi connectivity index (χ4v) is 2.62. The summed E-state index contributed by atoms with van der Waals surface area (Å²) in [5, 5.41) is 3.26. The van der Waals surface area contributed by atoms with Crippen LogP contribution in [-0.2, 0) is 11.3 Å². The summed E-state index contributed by atoms with van der Waals surface area (Å²) in [4.78, 5) is 7.12. The predicted octanol–water partition coefficient (Wildman–Crippen LogP) is 2.37. The Hall–Kier alpha value is -1.13. The lowest BCUT2D eigenvalue weighted by atomic mass is 9.98. The van der Waals surface area contributed by atoms with Crippen molar-refractivity contribution < 1.29 is 4.74 Å². The number of rotatable bonds is 6. The van der Waals surface area contributed by atoms with E-state index in [4.69, 9.17) is 4.74 Å². The third-order valence-electron chi connectivity index (χ3n) is 3.66. The number of hydrogen-bond acceptors (Lipinski definition) is 4. The van der Waals surface area contributed by atoms with Gasteiger partial charge in [0.15, 0.2) is 0 Å². The molecule has 2 heterocycles. The molecule has 0 unspecified atom stereocenters. The first-order chi connectivity index (χ1) is 9.31. The molecule has 4 nitrogen and oxygen atoms in total. The predicted molar refractivity (Wildman–Crippen MR) is 78.3 cm³/mol. The normalized spacial score (nSPS) is 17.6. The molecule has 4 heteroatoms. The van der Waals surface area contributed by atoms with Crippen molar-refractivity contribution in [1.82, 2.24) is 9.88 Å². The molecule has 1 N–H and O–H groups in total. The Bertz CT molecular complexity index is 375. The van der Waals surface area contributed by atoms with Crippen LogP contribution < -0.4 is 5.32 Å². The van der Waals surface area contributed by atoms with Gasteiger partial charge in [0.1, 0.15) is 5.82 Å². The number of aromatic nitrogens is 1. The lowest BCUT2D eigenvalue weighted by Gasteiger charge is -2.31. The first kappa shape index (κ1) is 14.3. The molecule has 19 heavy (non-hydrogen) atoms. The molecular weight excluding hydrogens is 238 g/mol. The zero-order valence-electron chi connectivity index (χ0n) is 12.1. The van der Waals surface area contributed by atoms with E-state index in [0.29, 0.717) is 0 Å². The second kappa shape index (κ2) is 7.46. The fourth-order valence-electron chi connectivity index (χ4n) is 2.62. The summed E-state index contributed by atoms with van der Waals surface area (Å²) in [5.41, 5.74) is 1.16. The van der Waals surface area contributed by atoms with E-state index in [-0.39, 0.29) is 0 Å². The summed E-state index contributed by atoms with van der Waals surface area (Å²) in [6.07, 6.45) is 2.47. The highest BCUT2D eigenvalue weighted by Gasteiger charge is 2.19. The van der Waals surface area contributed by atoms with E-state index >= 15 is 0 Å². The molecule has 2 rings (SSSR count). The zero-order valence-corrected chi connectivity index (χ0v) is 12.1. The average Bonchev–Trinajstić information content (AvgIpc) is 2.42. The molecular formula is C15H25N3O. The Morgan fingerprint density at radius 2 is 2.16 bits per heavy atom. The number of pyridine rings is 1. The van der Waals surface area contributed by atoms with E-state index in [1.807, 2.05) is 6.07 Å². The molecule has 1 aromatic heterocycles. The molecule has 0 atom stereocenters. The minimum Gasteiger partial charge on any atom is -0.384 e. The Kier molecular flexibility index (Phi) is 5.61. The van der Waals surface area contributed by atoms with Crippen LogP contribution in [0, 0.1) is 5.92 Å². The molecule has 1 fully saturated rings. The lowest BCUT2D eigenvalue weighted by molar-refractivity contribution is 0.0963. The molecule has 1 aliphatic rings. The van der Waals surface area contributed by atoms with Gasteiger partial charge in [0, 0.05) is 26.8 Å². The third kappa shape index (κ3) is 4.48. The number of hydrogen-bond donors (Lipinski definition) is 1. The van der Waals surface area contributed by atoms with Crippen molar-refractivity contribution in [2.24, 2.45) is 5.92 Å². The Morgan fingerprint density at radius 3 is 2.84 bits per heavy atom. The molecule has 0 aliphatic carbocycles. The van der Waals surface area contributed by atoms with Crippen LogP contribution in [0.25, 0.3) is 0 Å². The third-order valence-corrected chi connectivity index (χ3v) is 3.66. The van der Waals surface area contributed by atoms with Crippen molar-refractivity contribution in [2.75, 3.05) is 38.7 Å². The fraction of sp³-hybridized carbons (Fsp3) is 0.667. The van der Waals surface area contributed by atoms with Gasteiger partial charge in [-0.1, -0.05) is 6.07 Å². The Balaban J connectivity index is 1.83. The minimum absolute atomic E-state index is 0.738. The SMILES string of the molecule is CCNc1cccc(CN2CCC(COC)CC2)n1. The van der Waals surface area contributed by atoms with Crippen molar-refractivity contribution in [3.63, 3.8) is 0 Å². The van der Waals surface area contributed by atoms with Gasteiger partial charge in [0.2, 0.25) is 0 Å². The van der Waals surface area contributed by atoms with Gasteiger partial charge >= 0.3 is 0 Å².